The Morgan fingerprint density at radius 3 is 2.28 bits per heavy atom. The third-order valence-electron chi connectivity index (χ3n) is 4.35. The molecule has 0 radical (unpaired) electrons. The van der Waals surface area contributed by atoms with Crippen molar-refractivity contribution in [3.63, 3.8) is 0 Å². The highest BCUT2D eigenvalue weighted by atomic mass is 35.5. The van der Waals surface area contributed by atoms with Crippen LogP contribution in [0.15, 0.2) is 64.5 Å². The molecule has 0 atom stereocenters. The number of nitrogens with zero attached hydrogens (tertiary/aromatic N) is 3. The zero-order valence-corrected chi connectivity index (χ0v) is 18.0. The predicted molar refractivity (Wildman–Crippen MR) is 111 cm³/mol. The van der Waals surface area contributed by atoms with Crippen LogP contribution in [0, 0.1) is 0 Å². The lowest BCUT2D eigenvalue weighted by Crippen LogP contribution is -2.27. The van der Waals surface area contributed by atoms with Crippen LogP contribution in [0.2, 0.25) is 5.02 Å². The van der Waals surface area contributed by atoms with Gasteiger partial charge in [-0.05, 0) is 24.3 Å². The van der Waals surface area contributed by atoms with Crippen LogP contribution >= 0.6 is 11.6 Å². The summed E-state index contributed by atoms with van der Waals surface area (Å²) in [7, 11) is -6.51. The number of hydrogen-bond donors (Lipinski definition) is 1. The lowest BCUT2D eigenvalue weighted by atomic mass is 10.1. The van der Waals surface area contributed by atoms with Gasteiger partial charge in [-0.1, -0.05) is 42.8 Å². The largest absolute Gasteiger partial charge is 0.262 e. The van der Waals surface area contributed by atoms with Gasteiger partial charge in [-0.2, -0.15) is 9.40 Å². The molecule has 2 aromatic carbocycles. The summed E-state index contributed by atoms with van der Waals surface area (Å²) < 4.78 is 52.2. The third-order valence-corrected chi connectivity index (χ3v) is 7.36. The zero-order chi connectivity index (χ0) is 21.4. The first-order chi connectivity index (χ1) is 13.6. The molecule has 3 aromatic rings. The molecule has 29 heavy (non-hydrogen) atoms. The number of sulfonamides is 2. The van der Waals surface area contributed by atoms with Crippen molar-refractivity contribution in [3.05, 3.63) is 59.6 Å². The number of rotatable bonds is 6. The highest BCUT2D eigenvalue weighted by molar-refractivity contribution is 7.89. The fraction of sp³-hybridized carbons (Fsp3) is 0.167. The normalized spacial score (nSPS) is 12.4. The van der Waals surface area contributed by atoms with E-state index in [1.807, 2.05) is 0 Å². The summed E-state index contributed by atoms with van der Waals surface area (Å²) in [5.41, 5.74) is 1.12. The van der Waals surface area contributed by atoms with Crippen molar-refractivity contribution in [2.45, 2.75) is 16.8 Å². The summed E-state index contributed by atoms with van der Waals surface area (Å²) in [6, 6.07) is 14.0. The maximum Gasteiger partial charge on any atom is 0.262 e. The van der Waals surface area contributed by atoms with Crippen molar-refractivity contribution < 1.29 is 16.8 Å². The second kappa shape index (κ2) is 7.88. The Hall–Kier alpha value is -2.24. The van der Waals surface area contributed by atoms with E-state index in [0.717, 1.165) is 4.31 Å². The summed E-state index contributed by atoms with van der Waals surface area (Å²) in [5.74, 6) is 0. The van der Waals surface area contributed by atoms with Gasteiger partial charge in [-0.3, -0.25) is 0 Å². The van der Waals surface area contributed by atoms with Gasteiger partial charge < -0.3 is 0 Å². The molecule has 0 spiro atoms. The van der Waals surface area contributed by atoms with Crippen LogP contribution in [0.5, 0.6) is 0 Å². The standard InChI is InChI=1S/C18H19ClN4O4S2/c1-3-22(2)29(26,27)18-12-16(13-8-10-14(19)11-9-13)23(21-18)15-6-4-5-7-17(15)28(20,24)25/h4-12H,3H2,1-2H3,(H2,20,24,25). The summed E-state index contributed by atoms with van der Waals surface area (Å²) in [6.07, 6.45) is 0. The molecule has 0 amide bonds. The molecule has 0 saturated carbocycles. The molecule has 1 heterocycles. The second-order valence-electron chi connectivity index (χ2n) is 6.22. The Balaban J connectivity index is 2.34. The number of primary sulfonamides is 1. The highest BCUT2D eigenvalue weighted by Gasteiger charge is 2.27. The Morgan fingerprint density at radius 2 is 1.69 bits per heavy atom. The Labute approximate surface area is 174 Å². The quantitative estimate of drug-likeness (QED) is 0.614. The van der Waals surface area contributed by atoms with Gasteiger partial charge in [0.05, 0.1) is 11.4 Å². The molecular weight excluding hydrogens is 436 g/mol. The molecule has 0 unspecified atom stereocenters. The van der Waals surface area contributed by atoms with Crippen LogP contribution in [0.4, 0.5) is 0 Å². The monoisotopic (exact) mass is 454 g/mol. The fourth-order valence-corrected chi connectivity index (χ4v) is 4.64. The maximum absolute atomic E-state index is 12.8. The fourth-order valence-electron chi connectivity index (χ4n) is 2.70. The van der Waals surface area contributed by atoms with Crippen LogP contribution in [-0.4, -0.2) is 44.5 Å². The van der Waals surface area contributed by atoms with Crippen molar-refractivity contribution in [2.75, 3.05) is 13.6 Å². The van der Waals surface area contributed by atoms with E-state index in [2.05, 4.69) is 5.10 Å². The van der Waals surface area contributed by atoms with Crippen molar-refractivity contribution >= 4 is 31.6 Å². The van der Waals surface area contributed by atoms with Crippen LogP contribution in [-0.2, 0) is 20.0 Å². The van der Waals surface area contributed by atoms with E-state index in [0.29, 0.717) is 16.3 Å². The Bertz CT molecular complexity index is 1250. The SMILES string of the molecule is CCN(C)S(=O)(=O)c1cc(-c2ccc(Cl)cc2)n(-c2ccccc2S(N)(=O)=O)n1. The number of benzene rings is 2. The Kier molecular flexibility index (Phi) is 5.84. The lowest BCUT2D eigenvalue weighted by molar-refractivity contribution is 0.482. The highest BCUT2D eigenvalue weighted by Crippen LogP contribution is 2.30. The minimum Gasteiger partial charge on any atom is -0.230 e. The molecule has 0 saturated heterocycles. The molecule has 1 aromatic heterocycles. The first-order valence-electron chi connectivity index (χ1n) is 8.50. The first kappa shape index (κ1) is 21.5. The van der Waals surface area contributed by atoms with Crippen molar-refractivity contribution in [1.29, 1.82) is 0 Å². The van der Waals surface area contributed by atoms with E-state index >= 15 is 0 Å². The van der Waals surface area contributed by atoms with Crippen molar-refractivity contribution in [3.8, 4) is 16.9 Å². The molecule has 0 bridgehead atoms. The van der Waals surface area contributed by atoms with Gasteiger partial charge >= 0.3 is 0 Å². The molecule has 0 aliphatic rings. The number of aromatic nitrogens is 2. The van der Waals surface area contributed by atoms with E-state index < -0.39 is 20.0 Å². The zero-order valence-electron chi connectivity index (χ0n) is 15.6. The van der Waals surface area contributed by atoms with Crippen LogP contribution in [0.25, 0.3) is 16.9 Å². The van der Waals surface area contributed by atoms with E-state index in [4.69, 9.17) is 16.7 Å². The molecule has 154 valence electrons. The number of halogens is 1. The van der Waals surface area contributed by atoms with Gasteiger partial charge in [0.25, 0.3) is 10.0 Å². The average molecular weight is 455 g/mol. The van der Waals surface area contributed by atoms with E-state index in [1.165, 1.54) is 36.0 Å². The molecule has 8 nitrogen and oxygen atoms in total. The van der Waals surface area contributed by atoms with Gasteiger partial charge in [0.2, 0.25) is 10.0 Å². The smallest absolute Gasteiger partial charge is 0.230 e. The molecule has 2 N–H and O–H groups in total. The third kappa shape index (κ3) is 4.21. The number of nitrogens with two attached hydrogens (primary N) is 1. The van der Waals surface area contributed by atoms with E-state index in [-0.39, 0.29) is 22.2 Å². The summed E-state index contributed by atoms with van der Waals surface area (Å²) >= 11 is 5.96. The molecule has 11 heteroatoms. The Morgan fingerprint density at radius 1 is 1.07 bits per heavy atom. The van der Waals surface area contributed by atoms with E-state index in [9.17, 15) is 16.8 Å². The average Bonchev–Trinajstić information content (AvgIpc) is 3.13. The second-order valence-corrected chi connectivity index (χ2v) is 10.2. The van der Waals surface area contributed by atoms with Gasteiger partial charge in [-0.15, -0.1) is 0 Å². The van der Waals surface area contributed by atoms with Gasteiger partial charge in [0, 0.05) is 30.2 Å². The van der Waals surface area contributed by atoms with E-state index in [1.54, 1.807) is 37.3 Å². The summed E-state index contributed by atoms with van der Waals surface area (Å²) in [4.78, 5) is -0.175. The minimum absolute atomic E-state index is 0.139. The number of hydrogen-bond acceptors (Lipinski definition) is 5. The van der Waals surface area contributed by atoms with Gasteiger partial charge in [0.15, 0.2) is 5.03 Å². The molecular formula is C18H19ClN4O4S2. The minimum atomic E-state index is -4.08. The summed E-state index contributed by atoms with van der Waals surface area (Å²) in [6.45, 7) is 1.95. The van der Waals surface area contributed by atoms with Gasteiger partial charge in [0.1, 0.15) is 4.90 Å². The van der Waals surface area contributed by atoms with Crippen LogP contribution in [0.3, 0.4) is 0 Å². The van der Waals surface area contributed by atoms with Gasteiger partial charge in [-0.25, -0.2) is 26.7 Å². The molecule has 0 aliphatic heterocycles. The maximum atomic E-state index is 12.8. The number of para-hydroxylation sites is 1. The summed E-state index contributed by atoms with van der Waals surface area (Å²) in [5, 5.41) is 9.87. The van der Waals surface area contributed by atoms with Crippen molar-refractivity contribution in [2.24, 2.45) is 5.14 Å². The van der Waals surface area contributed by atoms with Crippen LogP contribution in [0.1, 0.15) is 6.92 Å². The van der Waals surface area contributed by atoms with Crippen molar-refractivity contribution in [1.82, 2.24) is 14.1 Å². The molecule has 3 rings (SSSR count). The predicted octanol–water partition coefficient (Wildman–Crippen LogP) is 2.48. The van der Waals surface area contributed by atoms with Crippen LogP contribution < -0.4 is 5.14 Å². The lowest BCUT2D eigenvalue weighted by Gasteiger charge is -2.12. The molecule has 0 fully saturated rings. The topological polar surface area (TPSA) is 115 Å². The first-order valence-corrected chi connectivity index (χ1v) is 11.9. The molecule has 0 aliphatic carbocycles.